The largest absolute Gasteiger partial charge is 0.493 e. The Balaban J connectivity index is 1.66. The highest BCUT2D eigenvalue weighted by atomic mass is 35.5. The van der Waals surface area contributed by atoms with Gasteiger partial charge in [0.1, 0.15) is 0 Å². The molecule has 0 aliphatic heterocycles. The van der Waals surface area contributed by atoms with Crippen molar-refractivity contribution in [2.24, 2.45) is 0 Å². The van der Waals surface area contributed by atoms with Crippen LogP contribution in [0.5, 0.6) is 11.5 Å². The number of carbonyl (C=O) groups excluding carboxylic acids is 1. The number of hydrogen-bond donors (Lipinski definition) is 1. The predicted octanol–water partition coefficient (Wildman–Crippen LogP) is 5.60. The van der Waals surface area contributed by atoms with Gasteiger partial charge in [0.15, 0.2) is 15.8 Å². The van der Waals surface area contributed by atoms with Gasteiger partial charge in [-0.2, -0.15) is 0 Å². The second kappa shape index (κ2) is 10.1. The number of benzene rings is 1. The van der Waals surface area contributed by atoms with E-state index >= 15 is 0 Å². The van der Waals surface area contributed by atoms with Gasteiger partial charge in [-0.25, -0.2) is 0 Å². The molecule has 10 heteroatoms. The predicted molar refractivity (Wildman–Crippen MR) is 116 cm³/mol. The summed E-state index contributed by atoms with van der Waals surface area (Å²) in [6.07, 6.45) is 0.839. The van der Waals surface area contributed by atoms with Gasteiger partial charge < -0.3 is 9.47 Å². The molecule has 0 atom stereocenters. The average Bonchev–Trinajstić information content (AvgIpc) is 3.36. The molecule has 3 aromatic rings. The van der Waals surface area contributed by atoms with E-state index in [1.54, 1.807) is 35.2 Å². The van der Waals surface area contributed by atoms with E-state index in [4.69, 9.17) is 21.1 Å². The number of ether oxygens (including phenoxy) is 2. The van der Waals surface area contributed by atoms with Crippen LogP contribution >= 0.6 is 46.0 Å². The molecule has 2 aromatic heterocycles. The molecule has 0 saturated carbocycles. The van der Waals surface area contributed by atoms with Gasteiger partial charge in [-0.3, -0.25) is 10.1 Å². The zero-order chi connectivity index (χ0) is 19.9. The Morgan fingerprint density at radius 3 is 2.93 bits per heavy atom. The van der Waals surface area contributed by atoms with Crippen LogP contribution < -0.4 is 14.8 Å². The molecule has 0 unspecified atom stereocenters. The first-order valence-corrected chi connectivity index (χ1v) is 11.5. The standard InChI is InChI=1S/C18H18ClN3O3S3/c1-3-6-25-15-13(19)8-11(9-14(15)24-2)16(23)20-17-21-22-18(28-17)27-10-12-5-4-7-26-12/h4-5,7-9H,3,6,10H2,1-2H3,(H,20,21,23). The first-order valence-electron chi connectivity index (χ1n) is 8.41. The van der Waals surface area contributed by atoms with Crippen molar-refractivity contribution in [3.8, 4) is 11.5 Å². The van der Waals surface area contributed by atoms with Crippen molar-refractivity contribution < 1.29 is 14.3 Å². The van der Waals surface area contributed by atoms with E-state index in [9.17, 15) is 4.79 Å². The SMILES string of the molecule is CCCOc1c(Cl)cc(C(=O)Nc2nnc(SCc3cccs3)s2)cc1OC. The van der Waals surface area contributed by atoms with E-state index in [1.165, 1.54) is 23.3 Å². The van der Waals surface area contributed by atoms with Gasteiger partial charge in [0.25, 0.3) is 5.91 Å². The lowest BCUT2D eigenvalue weighted by Crippen LogP contribution is -2.12. The summed E-state index contributed by atoms with van der Waals surface area (Å²) in [5, 5.41) is 13.7. The molecule has 0 aliphatic carbocycles. The van der Waals surface area contributed by atoms with Crippen LogP contribution in [0.1, 0.15) is 28.6 Å². The number of halogens is 1. The lowest BCUT2D eigenvalue weighted by Gasteiger charge is -2.13. The number of thioether (sulfide) groups is 1. The normalized spacial score (nSPS) is 10.7. The van der Waals surface area contributed by atoms with Gasteiger partial charge in [-0.1, -0.05) is 47.7 Å². The molecule has 3 rings (SSSR count). The van der Waals surface area contributed by atoms with Crippen LogP contribution in [0.2, 0.25) is 5.02 Å². The number of nitrogens with one attached hydrogen (secondary N) is 1. The molecule has 0 saturated heterocycles. The van der Waals surface area contributed by atoms with Crippen molar-refractivity contribution >= 4 is 57.1 Å². The third-order valence-corrected chi connectivity index (χ3v) is 6.85. The summed E-state index contributed by atoms with van der Waals surface area (Å²) >= 11 is 10.9. The Morgan fingerprint density at radius 2 is 2.21 bits per heavy atom. The molecule has 0 fully saturated rings. The van der Waals surface area contributed by atoms with Crippen molar-refractivity contribution in [1.82, 2.24) is 10.2 Å². The molecule has 2 heterocycles. The summed E-state index contributed by atoms with van der Waals surface area (Å²) in [4.78, 5) is 13.8. The highest BCUT2D eigenvalue weighted by Crippen LogP contribution is 2.37. The second-order valence-corrected chi connectivity index (χ2v) is 9.17. The van der Waals surface area contributed by atoms with E-state index in [-0.39, 0.29) is 5.91 Å². The van der Waals surface area contributed by atoms with Crippen molar-refractivity contribution in [3.63, 3.8) is 0 Å². The molecule has 28 heavy (non-hydrogen) atoms. The zero-order valence-electron chi connectivity index (χ0n) is 15.2. The van der Waals surface area contributed by atoms with Gasteiger partial charge in [0.2, 0.25) is 5.13 Å². The molecule has 148 valence electrons. The van der Waals surface area contributed by atoms with Gasteiger partial charge in [0, 0.05) is 16.2 Å². The molecule has 1 N–H and O–H groups in total. The molecule has 0 bridgehead atoms. The maximum atomic E-state index is 12.6. The quantitative estimate of drug-likeness (QED) is 0.334. The van der Waals surface area contributed by atoms with Crippen LogP contribution in [0.3, 0.4) is 0 Å². The number of amides is 1. The smallest absolute Gasteiger partial charge is 0.257 e. The van der Waals surface area contributed by atoms with Crippen molar-refractivity contribution in [2.75, 3.05) is 19.0 Å². The highest BCUT2D eigenvalue weighted by molar-refractivity contribution is 8.00. The maximum absolute atomic E-state index is 12.6. The van der Waals surface area contributed by atoms with Crippen LogP contribution in [0.15, 0.2) is 34.0 Å². The Labute approximate surface area is 180 Å². The Kier molecular flexibility index (Phi) is 7.55. The number of rotatable bonds is 9. The number of nitrogens with zero attached hydrogens (tertiary/aromatic N) is 2. The third-order valence-electron chi connectivity index (χ3n) is 3.49. The van der Waals surface area contributed by atoms with Gasteiger partial charge >= 0.3 is 0 Å². The number of aromatic nitrogens is 2. The fraction of sp³-hybridized carbons (Fsp3) is 0.278. The zero-order valence-corrected chi connectivity index (χ0v) is 18.4. The number of carbonyl (C=O) groups is 1. The third kappa shape index (κ3) is 5.38. The number of anilines is 1. The summed E-state index contributed by atoms with van der Waals surface area (Å²) < 4.78 is 11.7. The minimum absolute atomic E-state index is 0.322. The average molecular weight is 456 g/mol. The maximum Gasteiger partial charge on any atom is 0.257 e. The van der Waals surface area contributed by atoms with Gasteiger partial charge in [0.05, 0.1) is 18.7 Å². The monoisotopic (exact) mass is 455 g/mol. The van der Waals surface area contributed by atoms with Gasteiger partial charge in [-0.15, -0.1) is 21.5 Å². The number of methoxy groups -OCH3 is 1. The molecule has 6 nitrogen and oxygen atoms in total. The second-order valence-electron chi connectivity index (χ2n) is 5.53. The van der Waals surface area contributed by atoms with Crippen molar-refractivity contribution in [2.45, 2.75) is 23.4 Å². The summed E-state index contributed by atoms with van der Waals surface area (Å²) in [5.41, 5.74) is 0.355. The van der Waals surface area contributed by atoms with E-state index in [1.807, 2.05) is 18.4 Å². The van der Waals surface area contributed by atoms with E-state index in [2.05, 4.69) is 21.6 Å². The van der Waals surface area contributed by atoms with Crippen molar-refractivity contribution in [1.29, 1.82) is 0 Å². The minimum Gasteiger partial charge on any atom is -0.493 e. The van der Waals surface area contributed by atoms with E-state index < -0.39 is 0 Å². The molecule has 0 aliphatic rings. The first-order chi connectivity index (χ1) is 13.6. The molecular formula is C18H18ClN3O3S3. The van der Waals surface area contributed by atoms with Crippen LogP contribution in [0.25, 0.3) is 0 Å². The summed E-state index contributed by atoms with van der Waals surface area (Å²) in [7, 11) is 1.51. The summed E-state index contributed by atoms with van der Waals surface area (Å²) in [6.45, 7) is 2.51. The molecular weight excluding hydrogens is 438 g/mol. The molecule has 0 spiro atoms. The van der Waals surface area contributed by atoms with Gasteiger partial charge in [-0.05, 0) is 30.0 Å². The number of thiophene rings is 1. The molecule has 1 aromatic carbocycles. The van der Waals surface area contributed by atoms with E-state index in [0.717, 1.165) is 16.5 Å². The van der Waals surface area contributed by atoms with E-state index in [0.29, 0.717) is 33.8 Å². The van der Waals surface area contributed by atoms with Crippen LogP contribution in [0, 0.1) is 0 Å². The fourth-order valence-corrected chi connectivity index (χ4v) is 5.00. The Hall–Kier alpha value is -1.81. The summed E-state index contributed by atoms with van der Waals surface area (Å²) in [5.74, 6) is 1.33. The lowest BCUT2D eigenvalue weighted by molar-refractivity contribution is 0.102. The van der Waals surface area contributed by atoms with Crippen LogP contribution in [-0.2, 0) is 5.75 Å². The topological polar surface area (TPSA) is 73.3 Å². The number of hydrogen-bond acceptors (Lipinski definition) is 8. The van der Waals surface area contributed by atoms with Crippen LogP contribution in [0.4, 0.5) is 5.13 Å². The minimum atomic E-state index is -0.340. The fourth-order valence-electron chi connectivity index (χ4n) is 2.21. The van der Waals surface area contributed by atoms with Crippen molar-refractivity contribution in [3.05, 3.63) is 45.1 Å². The molecule has 1 amide bonds. The molecule has 0 radical (unpaired) electrons. The highest BCUT2D eigenvalue weighted by Gasteiger charge is 2.17. The van der Waals surface area contributed by atoms with Crippen LogP contribution in [-0.4, -0.2) is 29.8 Å². The lowest BCUT2D eigenvalue weighted by atomic mass is 10.2. The Morgan fingerprint density at radius 1 is 1.36 bits per heavy atom. The summed E-state index contributed by atoms with van der Waals surface area (Å²) in [6, 6.07) is 7.24. The first kappa shape index (κ1) is 20.9. The Bertz CT molecular complexity index is 932.